The molecule has 3 aromatic rings. The van der Waals surface area contributed by atoms with Crippen LogP contribution in [0.5, 0.6) is 0 Å². The van der Waals surface area contributed by atoms with Gasteiger partial charge in [-0.25, -0.2) is 22.5 Å². The van der Waals surface area contributed by atoms with Crippen molar-refractivity contribution in [3.8, 4) is 5.69 Å². The van der Waals surface area contributed by atoms with Crippen molar-refractivity contribution in [3.05, 3.63) is 71.4 Å². The third-order valence-corrected chi connectivity index (χ3v) is 9.63. The molecular weight excluding hydrogens is 493 g/mol. The molecular formula is C27H30FN5O3S. The highest BCUT2D eigenvalue weighted by Gasteiger charge is 2.46. The van der Waals surface area contributed by atoms with Gasteiger partial charge in [-0.15, -0.1) is 0 Å². The van der Waals surface area contributed by atoms with Crippen LogP contribution < -0.4 is 4.90 Å². The molecule has 194 valence electrons. The highest BCUT2D eigenvalue weighted by Crippen LogP contribution is 2.45. The van der Waals surface area contributed by atoms with Crippen LogP contribution in [-0.4, -0.2) is 67.4 Å². The number of aromatic nitrogens is 3. The van der Waals surface area contributed by atoms with Crippen LogP contribution in [0.1, 0.15) is 30.5 Å². The van der Waals surface area contributed by atoms with E-state index >= 15 is 0 Å². The van der Waals surface area contributed by atoms with Gasteiger partial charge in [0, 0.05) is 44.9 Å². The summed E-state index contributed by atoms with van der Waals surface area (Å²) in [4.78, 5) is 6.88. The van der Waals surface area contributed by atoms with Gasteiger partial charge in [0.25, 0.3) is 0 Å². The van der Waals surface area contributed by atoms with Crippen molar-refractivity contribution < 1.29 is 17.5 Å². The fraction of sp³-hybridized carbons (Fsp3) is 0.407. The van der Waals surface area contributed by atoms with Crippen LogP contribution in [0.25, 0.3) is 11.8 Å². The van der Waals surface area contributed by atoms with Crippen molar-refractivity contribution in [2.45, 2.75) is 30.6 Å². The Bertz CT molecular complexity index is 1430. The van der Waals surface area contributed by atoms with Gasteiger partial charge in [-0.3, -0.25) is 0 Å². The molecule has 0 radical (unpaired) electrons. The lowest BCUT2D eigenvalue weighted by Crippen LogP contribution is -2.51. The minimum absolute atomic E-state index is 0.219. The summed E-state index contributed by atoms with van der Waals surface area (Å²) in [6, 6.07) is 9.74. The van der Waals surface area contributed by atoms with E-state index in [-0.39, 0.29) is 10.7 Å². The molecule has 0 saturated carbocycles. The lowest BCUT2D eigenvalue weighted by atomic mass is 9.69. The Morgan fingerprint density at radius 1 is 1.05 bits per heavy atom. The number of pyridine rings is 1. The first kappa shape index (κ1) is 24.3. The first-order chi connectivity index (χ1) is 17.9. The van der Waals surface area contributed by atoms with Gasteiger partial charge >= 0.3 is 0 Å². The predicted octanol–water partition coefficient (Wildman–Crippen LogP) is 3.67. The van der Waals surface area contributed by atoms with Crippen LogP contribution in [0.4, 0.5) is 10.2 Å². The minimum Gasteiger partial charge on any atom is -0.384 e. The third-order valence-electron chi connectivity index (χ3n) is 7.80. The standard InChI is InChI=1S/C27H30FN5O3S/c1-36-19-27-15-20-16-30-33(23-6-4-22(28)5-7-23)25(20)14-21(27)10-13-32(18-27)37(34,35)24-8-9-26(29-17-24)31-11-2-3-12-31/h4-9,14,16-17H,2-3,10-13,15,18-19H2,1H3/t27-/m1/s1. The molecule has 10 heteroatoms. The number of piperidine rings is 1. The summed E-state index contributed by atoms with van der Waals surface area (Å²) >= 11 is 0. The maximum absolute atomic E-state index is 13.7. The van der Waals surface area contributed by atoms with Gasteiger partial charge in [-0.1, -0.05) is 5.57 Å². The fourth-order valence-corrected chi connectivity index (χ4v) is 7.37. The third kappa shape index (κ3) is 4.26. The largest absolute Gasteiger partial charge is 0.384 e. The van der Waals surface area contributed by atoms with E-state index in [2.05, 4.69) is 21.1 Å². The summed E-state index contributed by atoms with van der Waals surface area (Å²) in [5, 5.41) is 4.57. The zero-order valence-electron chi connectivity index (χ0n) is 20.8. The first-order valence-electron chi connectivity index (χ1n) is 12.6. The Balaban J connectivity index is 1.29. The summed E-state index contributed by atoms with van der Waals surface area (Å²) in [6.45, 7) is 3.02. The molecule has 2 saturated heterocycles. The van der Waals surface area contributed by atoms with E-state index in [0.717, 1.165) is 54.3 Å². The lowest BCUT2D eigenvalue weighted by molar-refractivity contribution is 0.0733. The highest BCUT2D eigenvalue weighted by molar-refractivity contribution is 7.89. The van der Waals surface area contributed by atoms with Gasteiger partial charge in [0.1, 0.15) is 16.5 Å². The number of methoxy groups -OCH3 is 1. The van der Waals surface area contributed by atoms with Crippen LogP contribution in [0.2, 0.25) is 0 Å². The van der Waals surface area contributed by atoms with Gasteiger partial charge in [0.2, 0.25) is 10.0 Å². The Kier molecular flexibility index (Phi) is 6.13. The Hall–Kier alpha value is -3.08. The topological polar surface area (TPSA) is 80.6 Å². The van der Waals surface area contributed by atoms with E-state index < -0.39 is 15.4 Å². The Labute approximate surface area is 216 Å². The van der Waals surface area contributed by atoms with Crippen molar-refractivity contribution in [2.24, 2.45) is 5.41 Å². The number of hydrogen-bond acceptors (Lipinski definition) is 6. The summed E-state index contributed by atoms with van der Waals surface area (Å²) in [7, 11) is -2.06. The molecule has 2 aliphatic heterocycles. The molecule has 37 heavy (non-hydrogen) atoms. The second-order valence-corrected chi connectivity index (χ2v) is 12.1. The average Bonchev–Trinajstić information content (AvgIpc) is 3.58. The molecule has 1 atom stereocenters. The average molecular weight is 524 g/mol. The van der Waals surface area contributed by atoms with E-state index in [1.807, 2.05) is 16.9 Å². The number of nitrogens with zero attached hydrogens (tertiary/aromatic N) is 5. The molecule has 6 rings (SSSR count). The van der Waals surface area contributed by atoms with Crippen LogP contribution in [0.3, 0.4) is 0 Å². The molecule has 1 aliphatic carbocycles. The van der Waals surface area contributed by atoms with Crippen molar-refractivity contribution >= 4 is 21.9 Å². The maximum Gasteiger partial charge on any atom is 0.244 e. The number of anilines is 1. The minimum atomic E-state index is -3.72. The Morgan fingerprint density at radius 2 is 1.84 bits per heavy atom. The summed E-state index contributed by atoms with van der Waals surface area (Å²) in [6.07, 6.45) is 8.90. The molecule has 1 aromatic carbocycles. The van der Waals surface area contributed by atoms with Gasteiger partial charge in [0.15, 0.2) is 0 Å². The van der Waals surface area contributed by atoms with Gasteiger partial charge in [-0.05, 0) is 73.7 Å². The monoisotopic (exact) mass is 523 g/mol. The molecule has 0 amide bonds. The SMILES string of the molecule is COC[C@]12Cc3cnn(-c4ccc(F)cc4)c3C=C1CCN(S(=O)(=O)c1ccc(N3CCCC3)nc1)C2. The van der Waals surface area contributed by atoms with Crippen molar-refractivity contribution in [3.63, 3.8) is 0 Å². The molecule has 0 unspecified atom stereocenters. The maximum atomic E-state index is 13.7. The number of halogens is 1. The predicted molar refractivity (Wildman–Crippen MR) is 139 cm³/mol. The molecule has 0 N–H and O–H groups in total. The van der Waals surface area contributed by atoms with Crippen LogP contribution in [0.15, 0.2) is 59.3 Å². The molecule has 0 bridgehead atoms. The van der Waals surface area contributed by atoms with Crippen LogP contribution in [0, 0.1) is 11.2 Å². The van der Waals surface area contributed by atoms with Gasteiger partial charge < -0.3 is 9.64 Å². The number of sulfonamides is 1. The quantitative estimate of drug-likeness (QED) is 0.491. The molecule has 0 spiro atoms. The molecule has 2 aromatic heterocycles. The number of benzene rings is 1. The van der Waals surface area contributed by atoms with Crippen LogP contribution in [-0.2, 0) is 21.2 Å². The number of fused-ring (bicyclic) bond motifs is 2. The fourth-order valence-electron chi connectivity index (χ4n) is 5.90. The molecule has 4 heterocycles. The van der Waals surface area contributed by atoms with Gasteiger partial charge in [-0.2, -0.15) is 9.40 Å². The number of rotatable bonds is 6. The van der Waals surface area contributed by atoms with E-state index in [1.165, 1.54) is 18.3 Å². The zero-order valence-corrected chi connectivity index (χ0v) is 21.6. The van der Waals surface area contributed by atoms with E-state index in [0.29, 0.717) is 32.5 Å². The first-order valence-corrected chi connectivity index (χ1v) is 14.1. The summed E-state index contributed by atoms with van der Waals surface area (Å²) in [5.41, 5.74) is 3.42. The van der Waals surface area contributed by atoms with E-state index in [4.69, 9.17) is 4.74 Å². The smallest absolute Gasteiger partial charge is 0.244 e. The van der Waals surface area contributed by atoms with Gasteiger partial charge in [0.05, 0.1) is 24.2 Å². The molecule has 2 fully saturated rings. The second-order valence-electron chi connectivity index (χ2n) is 10.1. The van der Waals surface area contributed by atoms with Crippen LogP contribution >= 0.6 is 0 Å². The zero-order chi connectivity index (χ0) is 25.6. The van der Waals surface area contributed by atoms with E-state index in [9.17, 15) is 12.8 Å². The Morgan fingerprint density at radius 3 is 2.54 bits per heavy atom. The number of ether oxygens (including phenoxy) is 1. The van der Waals surface area contributed by atoms with Crippen molar-refractivity contribution in [2.75, 3.05) is 44.8 Å². The normalized spacial score (nSPS) is 22.0. The second kappa shape index (κ2) is 9.34. The van der Waals surface area contributed by atoms with Crippen molar-refractivity contribution in [1.29, 1.82) is 0 Å². The summed E-state index contributed by atoms with van der Waals surface area (Å²) < 4.78 is 49.8. The van der Waals surface area contributed by atoms with Crippen molar-refractivity contribution in [1.82, 2.24) is 19.1 Å². The summed E-state index contributed by atoms with van der Waals surface area (Å²) in [5.74, 6) is 0.533. The lowest BCUT2D eigenvalue weighted by Gasteiger charge is -2.45. The number of hydrogen-bond donors (Lipinski definition) is 0. The molecule has 8 nitrogen and oxygen atoms in total. The van der Waals surface area contributed by atoms with E-state index in [1.54, 1.807) is 29.6 Å². The highest BCUT2D eigenvalue weighted by atomic mass is 32.2. The molecule has 3 aliphatic rings.